The van der Waals surface area contributed by atoms with E-state index in [1.165, 1.54) is 14.2 Å². The lowest BCUT2D eigenvalue weighted by molar-refractivity contribution is -0.143. The van der Waals surface area contributed by atoms with Crippen LogP contribution in [0.1, 0.15) is 35.8 Å². The van der Waals surface area contributed by atoms with Gasteiger partial charge in [-0.05, 0) is 24.0 Å². The van der Waals surface area contributed by atoms with Gasteiger partial charge in [-0.15, -0.1) is 0 Å². The maximum absolute atomic E-state index is 12.5. The van der Waals surface area contributed by atoms with Crippen LogP contribution < -0.4 is 5.32 Å². The Kier molecular flexibility index (Phi) is 6.24. The van der Waals surface area contributed by atoms with E-state index in [0.29, 0.717) is 0 Å². The van der Waals surface area contributed by atoms with Gasteiger partial charge in [0.25, 0.3) is 0 Å². The second-order valence-corrected chi connectivity index (χ2v) is 6.78. The molecule has 2 aromatic rings. The van der Waals surface area contributed by atoms with E-state index in [2.05, 4.69) is 5.32 Å². The zero-order valence-corrected chi connectivity index (χ0v) is 15.6. The van der Waals surface area contributed by atoms with Gasteiger partial charge in [-0.2, -0.15) is 0 Å². The summed E-state index contributed by atoms with van der Waals surface area (Å²) in [6, 6.07) is 19.1. The monoisotopic (exact) mass is 367 g/mol. The fourth-order valence-corrected chi connectivity index (χ4v) is 3.97. The zero-order valence-electron chi connectivity index (χ0n) is 15.6. The van der Waals surface area contributed by atoms with Gasteiger partial charge in [0.2, 0.25) is 0 Å². The Morgan fingerprint density at radius 3 is 1.48 bits per heavy atom. The smallest absolute Gasteiger partial charge is 0.314 e. The maximum Gasteiger partial charge on any atom is 0.314 e. The van der Waals surface area contributed by atoms with Crippen molar-refractivity contribution in [1.29, 1.82) is 0 Å². The highest BCUT2D eigenvalue weighted by Gasteiger charge is 2.41. The number of hydrogen-bond acceptors (Lipinski definition) is 5. The number of carbonyl (C=O) groups is 2. The van der Waals surface area contributed by atoms with Crippen LogP contribution in [0.4, 0.5) is 0 Å². The fourth-order valence-electron chi connectivity index (χ4n) is 3.97. The first-order valence-electron chi connectivity index (χ1n) is 9.17. The van der Waals surface area contributed by atoms with E-state index in [9.17, 15) is 9.59 Å². The van der Waals surface area contributed by atoms with Gasteiger partial charge in [-0.25, -0.2) is 0 Å². The first kappa shape index (κ1) is 19.1. The van der Waals surface area contributed by atoms with Crippen LogP contribution in [0.2, 0.25) is 0 Å². The number of nitrogens with one attached hydrogen (secondary N) is 1. The molecule has 0 saturated carbocycles. The molecule has 3 rings (SSSR count). The normalized spacial score (nSPS) is 21.3. The van der Waals surface area contributed by atoms with Gasteiger partial charge in [0.05, 0.1) is 26.1 Å². The van der Waals surface area contributed by atoms with Crippen molar-refractivity contribution < 1.29 is 19.1 Å². The number of hydrogen-bond donors (Lipinski definition) is 1. The van der Waals surface area contributed by atoms with Crippen molar-refractivity contribution in [2.24, 2.45) is 0 Å². The Bertz CT molecular complexity index is 697. The first-order valence-corrected chi connectivity index (χ1v) is 9.17. The van der Waals surface area contributed by atoms with Crippen molar-refractivity contribution in [2.45, 2.75) is 36.8 Å². The number of benzene rings is 2. The molecule has 2 aromatic carbocycles. The molecule has 1 aliphatic heterocycles. The third kappa shape index (κ3) is 4.19. The van der Waals surface area contributed by atoms with Gasteiger partial charge < -0.3 is 14.8 Å². The van der Waals surface area contributed by atoms with Crippen LogP contribution in [0.15, 0.2) is 60.7 Å². The fraction of sp³-hybridized carbons (Fsp3) is 0.364. The summed E-state index contributed by atoms with van der Waals surface area (Å²) in [5.74, 6) is -1.35. The lowest BCUT2D eigenvalue weighted by atomic mass is 9.90. The highest BCUT2D eigenvalue weighted by atomic mass is 16.5. The SMILES string of the molecule is COC(=O)[C@@H](c1ccccc1)[C@H]1CC[C@H]([C@@H](C(=O)OC)c2ccccc2)N1. The topological polar surface area (TPSA) is 64.6 Å². The van der Waals surface area contributed by atoms with Crippen LogP contribution >= 0.6 is 0 Å². The third-order valence-corrected chi connectivity index (χ3v) is 5.25. The molecule has 1 saturated heterocycles. The van der Waals surface area contributed by atoms with Crippen LogP contribution in [0, 0.1) is 0 Å². The van der Waals surface area contributed by atoms with Gasteiger partial charge in [0.15, 0.2) is 0 Å². The molecule has 0 radical (unpaired) electrons. The Hall–Kier alpha value is -2.66. The molecule has 1 aliphatic rings. The van der Waals surface area contributed by atoms with Crippen LogP contribution in [-0.2, 0) is 19.1 Å². The van der Waals surface area contributed by atoms with E-state index in [1.807, 2.05) is 60.7 Å². The molecule has 0 amide bonds. The quantitative estimate of drug-likeness (QED) is 0.795. The minimum Gasteiger partial charge on any atom is -0.469 e. The summed E-state index contributed by atoms with van der Waals surface area (Å²) >= 11 is 0. The predicted octanol–water partition coefficient (Wildman–Crippen LogP) is 3.02. The zero-order chi connectivity index (χ0) is 19.2. The largest absolute Gasteiger partial charge is 0.469 e. The van der Waals surface area contributed by atoms with Crippen molar-refractivity contribution in [3.63, 3.8) is 0 Å². The van der Waals surface area contributed by atoms with E-state index in [4.69, 9.17) is 9.47 Å². The van der Waals surface area contributed by atoms with Gasteiger partial charge in [0, 0.05) is 12.1 Å². The number of methoxy groups -OCH3 is 2. The average Bonchev–Trinajstić information content (AvgIpc) is 3.18. The molecule has 0 spiro atoms. The highest BCUT2D eigenvalue weighted by Crippen LogP contribution is 2.34. The maximum atomic E-state index is 12.5. The highest BCUT2D eigenvalue weighted by molar-refractivity contribution is 5.80. The molecular formula is C22H25NO4. The van der Waals surface area contributed by atoms with E-state index < -0.39 is 11.8 Å². The summed E-state index contributed by atoms with van der Waals surface area (Å²) in [5.41, 5.74) is 1.83. The van der Waals surface area contributed by atoms with E-state index >= 15 is 0 Å². The van der Waals surface area contributed by atoms with Crippen LogP contribution in [-0.4, -0.2) is 38.2 Å². The molecule has 27 heavy (non-hydrogen) atoms. The molecule has 1 fully saturated rings. The molecule has 1 heterocycles. The molecule has 4 atom stereocenters. The summed E-state index contributed by atoms with van der Waals surface area (Å²) in [7, 11) is 2.82. The third-order valence-electron chi connectivity index (χ3n) is 5.25. The van der Waals surface area contributed by atoms with Crippen molar-refractivity contribution in [3.05, 3.63) is 71.8 Å². The van der Waals surface area contributed by atoms with Crippen molar-refractivity contribution in [2.75, 3.05) is 14.2 Å². The number of carbonyl (C=O) groups excluding carboxylic acids is 2. The van der Waals surface area contributed by atoms with Gasteiger partial charge in [-0.3, -0.25) is 9.59 Å². The molecule has 0 bridgehead atoms. The minimum absolute atomic E-state index is 0.0966. The molecule has 0 aliphatic carbocycles. The van der Waals surface area contributed by atoms with Crippen molar-refractivity contribution >= 4 is 11.9 Å². The number of ether oxygens (including phenoxy) is 2. The van der Waals surface area contributed by atoms with Crippen molar-refractivity contribution in [1.82, 2.24) is 5.32 Å². The van der Waals surface area contributed by atoms with E-state index in [-0.39, 0.29) is 24.0 Å². The Balaban J connectivity index is 1.84. The molecule has 142 valence electrons. The van der Waals surface area contributed by atoms with E-state index in [0.717, 1.165) is 24.0 Å². The summed E-state index contributed by atoms with van der Waals surface area (Å²) in [6.45, 7) is 0. The lowest BCUT2D eigenvalue weighted by Crippen LogP contribution is -2.42. The molecule has 5 nitrogen and oxygen atoms in total. The summed E-state index contributed by atoms with van der Waals surface area (Å²) in [6.07, 6.45) is 1.55. The van der Waals surface area contributed by atoms with Crippen LogP contribution in [0.25, 0.3) is 0 Å². The van der Waals surface area contributed by atoms with Gasteiger partial charge in [0.1, 0.15) is 0 Å². The van der Waals surface area contributed by atoms with Crippen molar-refractivity contribution in [3.8, 4) is 0 Å². The summed E-state index contributed by atoms with van der Waals surface area (Å²) in [4.78, 5) is 25.0. The second kappa shape index (κ2) is 8.82. The second-order valence-electron chi connectivity index (χ2n) is 6.78. The summed E-state index contributed by atoms with van der Waals surface area (Å²) < 4.78 is 10.1. The van der Waals surface area contributed by atoms with E-state index in [1.54, 1.807) is 0 Å². The van der Waals surface area contributed by atoms with Crippen LogP contribution in [0.3, 0.4) is 0 Å². The Morgan fingerprint density at radius 2 is 1.15 bits per heavy atom. The molecule has 1 N–H and O–H groups in total. The van der Waals surface area contributed by atoms with Gasteiger partial charge in [-0.1, -0.05) is 60.7 Å². The summed E-state index contributed by atoms with van der Waals surface area (Å²) in [5, 5.41) is 3.52. The van der Waals surface area contributed by atoms with Gasteiger partial charge >= 0.3 is 11.9 Å². The first-order chi connectivity index (χ1) is 13.2. The Morgan fingerprint density at radius 1 is 0.778 bits per heavy atom. The predicted molar refractivity (Wildman–Crippen MR) is 102 cm³/mol. The lowest BCUT2D eigenvalue weighted by Gasteiger charge is -2.26. The molecule has 5 heteroatoms. The molecular weight excluding hydrogens is 342 g/mol. The average molecular weight is 367 g/mol. The standard InChI is InChI=1S/C22H25NO4/c1-26-21(24)19(15-9-5-3-6-10-15)17-13-14-18(23-17)20(22(25)27-2)16-11-7-4-8-12-16/h3-12,17-20,23H,13-14H2,1-2H3/t17-,18-,19+,20+/m1/s1. The minimum atomic E-state index is -0.407. The Labute approximate surface area is 159 Å². The molecule has 0 aromatic heterocycles. The number of esters is 2. The van der Waals surface area contributed by atoms with Crippen LogP contribution in [0.5, 0.6) is 0 Å². The number of rotatable bonds is 6. The molecule has 0 unspecified atom stereocenters.